The summed E-state index contributed by atoms with van der Waals surface area (Å²) in [7, 11) is 0. The molecule has 0 bridgehead atoms. The van der Waals surface area contributed by atoms with Gasteiger partial charge in [-0.15, -0.1) is 0 Å². The van der Waals surface area contributed by atoms with Gasteiger partial charge in [0, 0.05) is 49.7 Å². The Balaban J connectivity index is 1.41. The molecule has 1 aliphatic carbocycles. The van der Waals surface area contributed by atoms with E-state index in [2.05, 4.69) is 25.9 Å². The summed E-state index contributed by atoms with van der Waals surface area (Å²) in [5, 5.41) is 10.4. The fourth-order valence-corrected chi connectivity index (χ4v) is 3.92. The van der Waals surface area contributed by atoms with E-state index in [0.717, 1.165) is 35.4 Å². The van der Waals surface area contributed by atoms with Gasteiger partial charge < -0.3 is 20.9 Å². The molecule has 1 amide bonds. The van der Waals surface area contributed by atoms with Crippen LogP contribution in [-0.4, -0.2) is 43.0 Å². The molecule has 1 heterocycles. The molecule has 0 unspecified atom stereocenters. The summed E-state index contributed by atoms with van der Waals surface area (Å²) >= 11 is 0. The van der Waals surface area contributed by atoms with Gasteiger partial charge in [-0.3, -0.25) is 9.79 Å². The number of benzene rings is 1. The number of H-pyrrole nitrogens is 1. The number of aromatic amines is 1. The first kappa shape index (κ1) is 21.1. The van der Waals surface area contributed by atoms with Crippen molar-refractivity contribution in [3.63, 3.8) is 0 Å². The molecule has 1 fully saturated rings. The standard InChI is InChI=1S/C22H32FN5O/c1-2-24-22(27-12-11-25-21(29)13-16-5-3-4-6-16)26-10-9-17-15-28-20-8-7-18(23)14-19(17)20/h7-8,14-16,28H,2-6,9-13H2,1H3,(H,25,29)(H2,24,26,27). The molecular formula is C22H32FN5O. The molecule has 4 N–H and O–H groups in total. The van der Waals surface area contributed by atoms with Crippen LogP contribution in [0.1, 0.15) is 44.6 Å². The smallest absolute Gasteiger partial charge is 0.220 e. The number of carbonyl (C=O) groups is 1. The molecule has 1 aliphatic rings. The minimum Gasteiger partial charge on any atom is -0.361 e. The largest absolute Gasteiger partial charge is 0.361 e. The van der Waals surface area contributed by atoms with Gasteiger partial charge in [0.15, 0.2) is 5.96 Å². The highest BCUT2D eigenvalue weighted by Crippen LogP contribution is 2.27. The van der Waals surface area contributed by atoms with Crippen LogP contribution in [0.5, 0.6) is 0 Å². The number of aromatic nitrogens is 1. The normalized spacial score (nSPS) is 15.0. The molecule has 29 heavy (non-hydrogen) atoms. The van der Waals surface area contributed by atoms with Crippen molar-refractivity contribution < 1.29 is 9.18 Å². The number of carbonyl (C=O) groups excluding carboxylic acids is 1. The zero-order chi connectivity index (χ0) is 20.5. The third-order valence-electron chi connectivity index (χ3n) is 5.41. The number of amides is 1. The van der Waals surface area contributed by atoms with Crippen LogP contribution in [0.3, 0.4) is 0 Å². The number of hydrogen-bond acceptors (Lipinski definition) is 2. The van der Waals surface area contributed by atoms with Gasteiger partial charge in [0.1, 0.15) is 5.82 Å². The third-order valence-corrected chi connectivity index (χ3v) is 5.41. The first-order valence-corrected chi connectivity index (χ1v) is 10.7. The number of hydrogen-bond donors (Lipinski definition) is 4. The van der Waals surface area contributed by atoms with Crippen LogP contribution >= 0.6 is 0 Å². The lowest BCUT2D eigenvalue weighted by molar-refractivity contribution is -0.121. The van der Waals surface area contributed by atoms with Crippen LogP contribution in [0.25, 0.3) is 10.9 Å². The molecule has 7 heteroatoms. The van der Waals surface area contributed by atoms with Crippen molar-refractivity contribution in [1.29, 1.82) is 0 Å². The minimum atomic E-state index is -0.230. The van der Waals surface area contributed by atoms with Crippen molar-refractivity contribution in [3.05, 3.63) is 35.8 Å². The molecule has 0 radical (unpaired) electrons. The lowest BCUT2D eigenvalue weighted by Gasteiger charge is -2.13. The van der Waals surface area contributed by atoms with Crippen molar-refractivity contribution >= 4 is 22.8 Å². The van der Waals surface area contributed by atoms with Crippen LogP contribution in [0.4, 0.5) is 4.39 Å². The second-order valence-electron chi connectivity index (χ2n) is 7.65. The second kappa shape index (κ2) is 10.8. The summed E-state index contributed by atoms with van der Waals surface area (Å²) in [4.78, 5) is 19.8. The topological polar surface area (TPSA) is 81.3 Å². The summed E-state index contributed by atoms with van der Waals surface area (Å²) in [6.45, 7) is 4.58. The zero-order valence-corrected chi connectivity index (χ0v) is 17.2. The van der Waals surface area contributed by atoms with Gasteiger partial charge in [0.2, 0.25) is 5.91 Å². The number of fused-ring (bicyclic) bond motifs is 1. The van der Waals surface area contributed by atoms with Crippen molar-refractivity contribution in [2.75, 3.05) is 26.2 Å². The Kier molecular flexibility index (Phi) is 7.90. The van der Waals surface area contributed by atoms with Crippen LogP contribution < -0.4 is 16.0 Å². The second-order valence-corrected chi connectivity index (χ2v) is 7.65. The van der Waals surface area contributed by atoms with E-state index in [0.29, 0.717) is 32.0 Å². The molecule has 1 aromatic heterocycles. The monoisotopic (exact) mass is 401 g/mol. The number of nitrogens with zero attached hydrogens (tertiary/aromatic N) is 1. The van der Waals surface area contributed by atoms with E-state index in [4.69, 9.17) is 0 Å². The first-order valence-electron chi connectivity index (χ1n) is 10.7. The van der Waals surface area contributed by atoms with Gasteiger partial charge in [-0.05, 0) is 55.9 Å². The third kappa shape index (κ3) is 6.48. The van der Waals surface area contributed by atoms with Crippen LogP contribution in [0, 0.1) is 11.7 Å². The van der Waals surface area contributed by atoms with Crippen LogP contribution in [-0.2, 0) is 11.2 Å². The first-order chi connectivity index (χ1) is 14.2. The minimum absolute atomic E-state index is 0.146. The molecule has 3 rings (SSSR count). The van der Waals surface area contributed by atoms with Crippen molar-refractivity contribution in [1.82, 2.24) is 20.9 Å². The summed E-state index contributed by atoms with van der Waals surface area (Å²) in [6, 6.07) is 4.77. The van der Waals surface area contributed by atoms with Crippen molar-refractivity contribution in [2.24, 2.45) is 10.9 Å². The fourth-order valence-electron chi connectivity index (χ4n) is 3.92. The molecule has 158 valence electrons. The van der Waals surface area contributed by atoms with E-state index in [1.807, 2.05) is 13.1 Å². The Labute approximate surface area is 171 Å². The summed E-state index contributed by atoms with van der Waals surface area (Å²) < 4.78 is 13.5. The number of guanidine groups is 1. The van der Waals surface area contributed by atoms with Gasteiger partial charge in [-0.25, -0.2) is 4.39 Å². The molecule has 1 aromatic carbocycles. The average molecular weight is 402 g/mol. The summed E-state index contributed by atoms with van der Waals surface area (Å²) in [6.07, 6.45) is 8.18. The molecule has 0 spiro atoms. The van der Waals surface area contributed by atoms with E-state index in [1.165, 1.54) is 31.7 Å². The average Bonchev–Trinajstić information content (AvgIpc) is 3.35. The molecule has 0 saturated heterocycles. The maximum atomic E-state index is 13.5. The van der Waals surface area contributed by atoms with E-state index in [-0.39, 0.29) is 11.7 Å². The number of rotatable bonds is 9. The Bertz CT molecular complexity index is 826. The quantitative estimate of drug-likeness (QED) is 0.296. The van der Waals surface area contributed by atoms with E-state index >= 15 is 0 Å². The molecule has 1 saturated carbocycles. The summed E-state index contributed by atoms with van der Waals surface area (Å²) in [5.41, 5.74) is 1.99. The predicted octanol–water partition coefficient (Wildman–Crippen LogP) is 3.10. The molecular weight excluding hydrogens is 369 g/mol. The fraction of sp³-hybridized carbons (Fsp3) is 0.545. The Hall–Kier alpha value is -2.57. The number of aliphatic imine (C=N–C) groups is 1. The highest BCUT2D eigenvalue weighted by atomic mass is 19.1. The Morgan fingerprint density at radius 3 is 2.79 bits per heavy atom. The molecule has 0 aliphatic heterocycles. The van der Waals surface area contributed by atoms with Crippen LogP contribution in [0.2, 0.25) is 0 Å². The lowest BCUT2D eigenvalue weighted by atomic mass is 10.0. The van der Waals surface area contributed by atoms with Gasteiger partial charge >= 0.3 is 0 Å². The van der Waals surface area contributed by atoms with Gasteiger partial charge in [-0.2, -0.15) is 0 Å². The molecule has 6 nitrogen and oxygen atoms in total. The highest BCUT2D eigenvalue weighted by molar-refractivity contribution is 5.83. The number of nitrogens with one attached hydrogen (secondary N) is 4. The van der Waals surface area contributed by atoms with E-state index < -0.39 is 0 Å². The van der Waals surface area contributed by atoms with Crippen molar-refractivity contribution in [2.45, 2.75) is 45.4 Å². The van der Waals surface area contributed by atoms with E-state index in [1.54, 1.807) is 12.1 Å². The Morgan fingerprint density at radius 1 is 1.21 bits per heavy atom. The predicted molar refractivity (Wildman–Crippen MR) is 116 cm³/mol. The van der Waals surface area contributed by atoms with Crippen molar-refractivity contribution in [3.8, 4) is 0 Å². The zero-order valence-electron chi connectivity index (χ0n) is 17.2. The van der Waals surface area contributed by atoms with E-state index in [9.17, 15) is 9.18 Å². The number of halogens is 1. The molecule has 0 atom stereocenters. The van der Waals surface area contributed by atoms with Crippen LogP contribution in [0.15, 0.2) is 29.4 Å². The summed E-state index contributed by atoms with van der Waals surface area (Å²) in [5.74, 6) is 1.21. The molecule has 2 aromatic rings. The van der Waals surface area contributed by atoms with Gasteiger partial charge in [0.05, 0.1) is 0 Å². The van der Waals surface area contributed by atoms with Gasteiger partial charge in [0.25, 0.3) is 0 Å². The highest BCUT2D eigenvalue weighted by Gasteiger charge is 2.17. The SMILES string of the molecule is CCNC(=NCCc1c[nH]c2ccc(F)cc12)NCCNC(=O)CC1CCCC1. The maximum absolute atomic E-state index is 13.5. The van der Waals surface area contributed by atoms with Gasteiger partial charge in [-0.1, -0.05) is 12.8 Å². The maximum Gasteiger partial charge on any atom is 0.220 e. The Morgan fingerprint density at radius 2 is 2.00 bits per heavy atom. The lowest BCUT2D eigenvalue weighted by Crippen LogP contribution is -2.41.